The van der Waals surface area contributed by atoms with Gasteiger partial charge in [0.2, 0.25) is 0 Å². The van der Waals surface area contributed by atoms with E-state index in [4.69, 9.17) is 0 Å². The topological polar surface area (TPSA) is 42.3 Å². The second-order valence-electron chi connectivity index (χ2n) is 5.55. The van der Waals surface area contributed by atoms with Gasteiger partial charge < -0.3 is 9.47 Å². The number of aryl methyl sites for hydroxylation is 1. The normalized spacial score (nSPS) is 17.7. The van der Waals surface area contributed by atoms with Crippen molar-refractivity contribution in [3.63, 3.8) is 0 Å². The molecule has 0 bridgehead atoms. The molecule has 1 saturated heterocycles. The van der Waals surface area contributed by atoms with Gasteiger partial charge in [0, 0.05) is 38.0 Å². The first-order valence-corrected chi connectivity index (χ1v) is 6.97. The fraction of sp³-hybridized carbons (Fsp3) is 0.600. The third-order valence-corrected chi connectivity index (χ3v) is 4.58. The highest BCUT2D eigenvalue weighted by Gasteiger charge is 2.37. The number of hydrogen-bond donors (Lipinski definition) is 0. The summed E-state index contributed by atoms with van der Waals surface area (Å²) in [5.74, 6) is -0.0125. The number of pyridine rings is 1. The van der Waals surface area contributed by atoms with Crippen molar-refractivity contribution >= 4 is 5.91 Å². The molecule has 1 aliphatic rings. The van der Waals surface area contributed by atoms with E-state index in [-0.39, 0.29) is 16.9 Å². The number of likely N-dealkylation sites (tertiary alicyclic amines) is 1. The van der Waals surface area contributed by atoms with Gasteiger partial charge in [0.25, 0.3) is 11.5 Å². The largest absolute Gasteiger partial charge is 0.338 e. The number of rotatable bonds is 3. The molecule has 1 amide bonds. The van der Waals surface area contributed by atoms with E-state index in [9.17, 15) is 9.59 Å². The Morgan fingerprint density at radius 2 is 2.05 bits per heavy atom. The summed E-state index contributed by atoms with van der Waals surface area (Å²) in [5, 5.41) is 0. The maximum absolute atomic E-state index is 12.4. The summed E-state index contributed by atoms with van der Waals surface area (Å²) >= 11 is 0. The second kappa shape index (κ2) is 5.19. The average molecular weight is 262 g/mol. The average Bonchev–Trinajstić information content (AvgIpc) is 2.86. The van der Waals surface area contributed by atoms with E-state index in [1.807, 2.05) is 4.90 Å². The van der Waals surface area contributed by atoms with Crippen molar-refractivity contribution in [1.29, 1.82) is 0 Å². The Morgan fingerprint density at radius 3 is 2.58 bits per heavy atom. The second-order valence-corrected chi connectivity index (χ2v) is 5.55. The summed E-state index contributed by atoms with van der Waals surface area (Å²) in [5.41, 5.74) is 0.642. The molecule has 1 aromatic heterocycles. The molecule has 1 aromatic rings. The highest BCUT2D eigenvalue weighted by atomic mass is 16.2. The fourth-order valence-corrected chi connectivity index (χ4v) is 2.80. The smallest absolute Gasteiger partial charge is 0.254 e. The maximum atomic E-state index is 12.4. The zero-order chi connectivity index (χ0) is 14.0. The van der Waals surface area contributed by atoms with Crippen LogP contribution in [0.25, 0.3) is 0 Å². The van der Waals surface area contributed by atoms with Gasteiger partial charge >= 0.3 is 0 Å². The van der Waals surface area contributed by atoms with Crippen LogP contribution in [0.3, 0.4) is 0 Å². The molecule has 0 unspecified atom stereocenters. The van der Waals surface area contributed by atoms with Gasteiger partial charge in [0.05, 0.1) is 0 Å². The van der Waals surface area contributed by atoms with Crippen LogP contribution in [0.5, 0.6) is 0 Å². The lowest BCUT2D eigenvalue weighted by Crippen LogP contribution is -2.32. The molecule has 0 spiro atoms. The zero-order valence-electron chi connectivity index (χ0n) is 12.0. The molecule has 0 atom stereocenters. The third-order valence-electron chi connectivity index (χ3n) is 4.58. The van der Waals surface area contributed by atoms with Gasteiger partial charge in [-0.3, -0.25) is 9.59 Å². The third kappa shape index (κ3) is 2.57. The number of hydrogen-bond acceptors (Lipinski definition) is 2. The number of nitrogens with zero attached hydrogens (tertiary/aromatic N) is 2. The molecule has 104 valence electrons. The molecule has 4 heteroatoms. The number of amides is 1. The van der Waals surface area contributed by atoms with Gasteiger partial charge in [-0.15, -0.1) is 0 Å². The molecule has 0 radical (unpaired) electrons. The quantitative estimate of drug-likeness (QED) is 0.836. The minimum atomic E-state index is -0.137. The van der Waals surface area contributed by atoms with Gasteiger partial charge in [0.15, 0.2) is 0 Å². The van der Waals surface area contributed by atoms with E-state index in [1.54, 1.807) is 19.3 Å². The minimum absolute atomic E-state index is 0.0125. The maximum Gasteiger partial charge on any atom is 0.254 e. The van der Waals surface area contributed by atoms with Crippen molar-refractivity contribution in [2.45, 2.75) is 33.1 Å². The van der Waals surface area contributed by atoms with E-state index in [0.717, 1.165) is 32.4 Å². The lowest BCUT2D eigenvalue weighted by atomic mass is 9.82. The highest BCUT2D eigenvalue weighted by molar-refractivity contribution is 5.94. The lowest BCUT2D eigenvalue weighted by Gasteiger charge is -2.26. The van der Waals surface area contributed by atoms with Crippen molar-refractivity contribution in [2.75, 3.05) is 13.1 Å². The van der Waals surface area contributed by atoms with Crippen LogP contribution in [0.4, 0.5) is 0 Å². The lowest BCUT2D eigenvalue weighted by molar-refractivity contribution is 0.0769. The van der Waals surface area contributed by atoms with Crippen LogP contribution < -0.4 is 5.56 Å². The summed E-state index contributed by atoms with van der Waals surface area (Å²) in [6.07, 6.45) is 4.92. The molecule has 2 rings (SSSR count). The van der Waals surface area contributed by atoms with Gasteiger partial charge in [-0.05, 0) is 30.7 Å². The molecule has 0 aliphatic carbocycles. The van der Waals surface area contributed by atoms with Crippen molar-refractivity contribution in [3.05, 3.63) is 34.2 Å². The van der Waals surface area contributed by atoms with Gasteiger partial charge in [-0.25, -0.2) is 0 Å². The van der Waals surface area contributed by atoms with E-state index in [2.05, 4.69) is 13.8 Å². The monoisotopic (exact) mass is 262 g/mol. The molecule has 0 saturated carbocycles. The van der Waals surface area contributed by atoms with Crippen molar-refractivity contribution in [1.82, 2.24) is 9.47 Å². The van der Waals surface area contributed by atoms with Crippen LogP contribution >= 0.6 is 0 Å². The van der Waals surface area contributed by atoms with Gasteiger partial charge in [0.1, 0.15) is 0 Å². The molecule has 1 aliphatic heterocycles. The van der Waals surface area contributed by atoms with Crippen LogP contribution in [-0.2, 0) is 7.05 Å². The molecule has 19 heavy (non-hydrogen) atoms. The minimum Gasteiger partial charge on any atom is -0.338 e. The zero-order valence-corrected chi connectivity index (χ0v) is 12.0. The first-order chi connectivity index (χ1) is 9.01. The van der Waals surface area contributed by atoms with Crippen molar-refractivity contribution < 1.29 is 4.79 Å². The van der Waals surface area contributed by atoms with Crippen molar-refractivity contribution in [2.24, 2.45) is 12.5 Å². The molecular weight excluding hydrogens is 240 g/mol. The van der Waals surface area contributed by atoms with Crippen molar-refractivity contribution in [3.8, 4) is 0 Å². The Labute approximate surface area is 114 Å². The number of carbonyl (C=O) groups is 1. The predicted molar refractivity (Wildman–Crippen MR) is 75.2 cm³/mol. The fourth-order valence-electron chi connectivity index (χ4n) is 2.80. The summed E-state index contributed by atoms with van der Waals surface area (Å²) in [6.45, 7) is 6.00. The van der Waals surface area contributed by atoms with Crippen LogP contribution in [-0.4, -0.2) is 28.5 Å². The van der Waals surface area contributed by atoms with Crippen LogP contribution in [0.15, 0.2) is 23.1 Å². The number of carbonyl (C=O) groups excluding carboxylic acids is 1. The molecule has 2 heterocycles. The SMILES string of the molecule is CCC1(CC)CCN(C(=O)c2ccn(C)c(=O)c2)C1. The standard InChI is InChI=1S/C15H22N2O2/c1-4-15(5-2)7-9-17(11-15)14(19)12-6-8-16(3)13(18)10-12/h6,8,10H,4-5,7,9,11H2,1-3H3. The summed E-state index contributed by atoms with van der Waals surface area (Å²) in [6, 6.07) is 3.15. The highest BCUT2D eigenvalue weighted by Crippen LogP contribution is 2.37. The van der Waals surface area contributed by atoms with E-state index in [0.29, 0.717) is 5.56 Å². The Bertz CT molecular complexity index is 529. The van der Waals surface area contributed by atoms with E-state index < -0.39 is 0 Å². The molecule has 0 N–H and O–H groups in total. The number of aromatic nitrogens is 1. The summed E-state index contributed by atoms with van der Waals surface area (Å²) in [4.78, 5) is 25.9. The first-order valence-electron chi connectivity index (χ1n) is 6.97. The molecule has 1 fully saturated rings. The molecule has 4 nitrogen and oxygen atoms in total. The van der Waals surface area contributed by atoms with Gasteiger partial charge in [-0.2, -0.15) is 0 Å². The van der Waals surface area contributed by atoms with Crippen LogP contribution in [0.1, 0.15) is 43.5 Å². The first kappa shape index (κ1) is 13.8. The molecular formula is C15H22N2O2. The molecule has 0 aromatic carbocycles. The summed E-state index contributed by atoms with van der Waals surface area (Å²) < 4.78 is 1.48. The van der Waals surface area contributed by atoms with E-state index in [1.165, 1.54) is 10.6 Å². The van der Waals surface area contributed by atoms with Crippen LogP contribution in [0.2, 0.25) is 0 Å². The predicted octanol–water partition coefficient (Wildman–Crippen LogP) is 2.04. The van der Waals surface area contributed by atoms with Gasteiger partial charge in [-0.1, -0.05) is 13.8 Å². The van der Waals surface area contributed by atoms with Crippen LogP contribution in [0, 0.1) is 5.41 Å². The summed E-state index contributed by atoms with van der Waals surface area (Å²) in [7, 11) is 1.69. The Hall–Kier alpha value is -1.58. The Balaban J connectivity index is 2.17. The Morgan fingerprint density at radius 1 is 1.37 bits per heavy atom. The Kier molecular flexibility index (Phi) is 3.78. The van der Waals surface area contributed by atoms with E-state index >= 15 is 0 Å².